The number of benzene rings is 2. The molecule has 0 aliphatic carbocycles. The van der Waals surface area contributed by atoms with Gasteiger partial charge in [-0.15, -0.1) is 0 Å². The smallest absolute Gasteiger partial charge is 0.248 e. The van der Waals surface area contributed by atoms with Gasteiger partial charge in [-0.05, 0) is 23.5 Å². The zero-order valence-electron chi connectivity index (χ0n) is 15.9. The van der Waals surface area contributed by atoms with Gasteiger partial charge < -0.3 is 9.88 Å². The molecule has 1 amide bonds. The molecule has 0 radical (unpaired) electrons. The van der Waals surface area contributed by atoms with Crippen LogP contribution in [0.1, 0.15) is 49.0 Å². The SMILES string of the molecule is CC(C)CC1C(=O)Nc2c(Cc3ccccc3)nc(Cc3ccccc3)n21. The first-order chi connectivity index (χ1) is 13.1. The van der Waals surface area contributed by atoms with Crippen molar-refractivity contribution in [1.29, 1.82) is 0 Å². The number of hydrogen-bond donors (Lipinski definition) is 1. The molecule has 0 bridgehead atoms. The van der Waals surface area contributed by atoms with Crippen LogP contribution in [0, 0.1) is 5.92 Å². The van der Waals surface area contributed by atoms with Gasteiger partial charge in [-0.3, -0.25) is 4.79 Å². The number of hydrogen-bond acceptors (Lipinski definition) is 2. The first kappa shape index (κ1) is 17.5. The van der Waals surface area contributed by atoms with Gasteiger partial charge in [-0.25, -0.2) is 4.98 Å². The summed E-state index contributed by atoms with van der Waals surface area (Å²) in [6.07, 6.45) is 2.27. The number of carbonyl (C=O) groups is 1. The number of fused-ring (bicyclic) bond motifs is 1. The zero-order chi connectivity index (χ0) is 18.8. The van der Waals surface area contributed by atoms with E-state index in [0.717, 1.165) is 36.6 Å². The van der Waals surface area contributed by atoms with E-state index in [1.54, 1.807) is 0 Å². The highest BCUT2D eigenvalue weighted by Gasteiger charge is 2.35. The van der Waals surface area contributed by atoms with Crippen molar-refractivity contribution >= 4 is 11.7 Å². The summed E-state index contributed by atoms with van der Waals surface area (Å²) in [6.45, 7) is 4.31. The van der Waals surface area contributed by atoms with Crippen LogP contribution >= 0.6 is 0 Å². The molecule has 0 saturated carbocycles. The summed E-state index contributed by atoms with van der Waals surface area (Å²) in [5, 5.41) is 3.11. The maximum absolute atomic E-state index is 12.7. The number of nitrogens with zero attached hydrogens (tertiary/aromatic N) is 2. The fraction of sp³-hybridized carbons (Fsp3) is 0.304. The van der Waals surface area contributed by atoms with Gasteiger partial charge in [0.2, 0.25) is 5.91 Å². The van der Waals surface area contributed by atoms with Crippen molar-refractivity contribution < 1.29 is 4.79 Å². The molecule has 2 aromatic carbocycles. The van der Waals surface area contributed by atoms with E-state index in [4.69, 9.17) is 4.98 Å². The Morgan fingerprint density at radius 2 is 1.56 bits per heavy atom. The minimum atomic E-state index is -0.171. The fourth-order valence-electron chi connectivity index (χ4n) is 3.79. The average molecular weight is 359 g/mol. The Bertz CT molecular complexity index is 929. The Hall–Kier alpha value is -2.88. The van der Waals surface area contributed by atoms with E-state index in [1.807, 2.05) is 36.4 Å². The van der Waals surface area contributed by atoms with Crippen LogP contribution in [0.15, 0.2) is 60.7 Å². The van der Waals surface area contributed by atoms with E-state index in [-0.39, 0.29) is 11.9 Å². The predicted molar refractivity (Wildman–Crippen MR) is 108 cm³/mol. The Labute approximate surface area is 160 Å². The average Bonchev–Trinajstić information content (AvgIpc) is 3.14. The highest BCUT2D eigenvalue weighted by atomic mass is 16.2. The van der Waals surface area contributed by atoms with Crippen molar-refractivity contribution in [1.82, 2.24) is 9.55 Å². The fourth-order valence-corrected chi connectivity index (χ4v) is 3.79. The number of nitrogens with one attached hydrogen (secondary N) is 1. The highest BCUT2D eigenvalue weighted by Crippen LogP contribution is 2.35. The zero-order valence-corrected chi connectivity index (χ0v) is 15.9. The van der Waals surface area contributed by atoms with Crippen LogP contribution < -0.4 is 5.32 Å². The lowest BCUT2D eigenvalue weighted by atomic mass is 10.0. The van der Waals surface area contributed by atoms with Crippen molar-refractivity contribution in [3.63, 3.8) is 0 Å². The molecule has 3 aromatic rings. The minimum absolute atomic E-state index is 0.0877. The lowest BCUT2D eigenvalue weighted by Gasteiger charge is -2.15. The van der Waals surface area contributed by atoms with Crippen LogP contribution in [0.25, 0.3) is 0 Å². The third-order valence-electron chi connectivity index (χ3n) is 5.03. The number of imidazole rings is 1. The molecular formula is C23H25N3O. The molecule has 4 rings (SSSR count). The molecule has 138 valence electrons. The number of carbonyl (C=O) groups excluding carboxylic acids is 1. The van der Waals surface area contributed by atoms with Gasteiger partial charge in [0.05, 0.1) is 5.69 Å². The molecule has 2 heterocycles. The van der Waals surface area contributed by atoms with Crippen LogP contribution in [-0.4, -0.2) is 15.5 Å². The summed E-state index contributed by atoms with van der Waals surface area (Å²) >= 11 is 0. The first-order valence-electron chi connectivity index (χ1n) is 9.60. The van der Waals surface area contributed by atoms with Gasteiger partial charge >= 0.3 is 0 Å². The lowest BCUT2D eigenvalue weighted by molar-refractivity contribution is -0.118. The lowest BCUT2D eigenvalue weighted by Crippen LogP contribution is -2.19. The Kier molecular flexibility index (Phi) is 4.80. The van der Waals surface area contributed by atoms with Crippen molar-refractivity contribution in [3.8, 4) is 0 Å². The second-order valence-corrected chi connectivity index (χ2v) is 7.65. The van der Waals surface area contributed by atoms with Crippen LogP contribution in [-0.2, 0) is 17.6 Å². The molecule has 1 atom stereocenters. The van der Waals surface area contributed by atoms with E-state index < -0.39 is 0 Å². The minimum Gasteiger partial charge on any atom is -0.309 e. The van der Waals surface area contributed by atoms with E-state index in [1.165, 1.54) is 11.1 Å². The molecule has 4 heteroatoms. The maximum Gasteiger partial charge on any atom is 0.248 e. The van der Waals surface area contributed by atoms with E-state index >= 15 is 0 Å². The molecular weight excluding hydrogens is 334 g/mol. The van der Waals surface area contributed by atoms with Gasteiger partial charge in [0, 0.05) is 12.8 Å². The summed E-state index contributed by atoms with van der Waals surface area (Å²) in [4.78, 5) is 17.6. The third-order valence-corrected chi connectivity index (χ3v) is 5.03. The van der Waals surface area contributed by atoms with Gasteiger partial charge in [0.1, 0.15) is 17.7 Å². The molecule has 27 heavy (non-hydrogen) atoms. The first-order valence-corrected chi connectivity index (χ1v) is 9.60. The quantitative estimate of drug-likeness (QED) is 0.699. The molecule has 0 saturated heterocycles. The summed E-state index contributed by atoms with van der Waals surface area (Å²) in [6, 6.07) is 20.5. The van der Waals surface area contributed by atoms with E-state index in [2.05, 4.69) is 48.0 Å². The van der Waals surface area contributed by atoms with Crippen LogP contribution in [0.3, 0.4) is 0 Å². The van der Waals surface area contributed by atoms with Gasteiger partial charge in [-0.1, -0.05) is 74.5 Å². The monoisotopic (exact) mass is 359 g/mol. The Balaban J connectivity index is 1.74. The topological polar surface area (TPSA) is 46.9 Å². The Morgan fingerprint density at radius 1 is 0.963 bits per heavy atom. The van der Waals surface area contributed by atoms with Crippen molar-refractivity contribution in [2.75, 3.05) is 5.32 Å². The van der Waals surface area contributed by atoms with E-state index in [0.29, 0.717) is 5.92 Å². The number of anilines is 1. The van der Waals surface area contributed by atoms with Crippen LogP contribution in [0.5, 0.6) is 0 Å². The standard InChI is InChI=1S/C23H25N3O/c1-16(2)13-20-23(27)25-22-19(14-17-9-5-3-6-10-17)24-21(26(20)22)15-18-11-7-4-8-12-18/h3-12,16,20H,13-15H2,1-2H3,(H,25,27). The molecule has 1 unspecified atom stereocenters. The summed E-state index contributed by atoms with van der Waals surface area (Å²) in [7, 11) is 0. The second kappa shape index (κ2) is 7.39. The molecule has 1 N–H and O–H groups in total. The molecule has 4 nitrogen and oxygen atoms in total. The normalized spacial score (nSPS) is 15.8. The highest BCUT2D eigenvalue weighted by molar-refractivity contribution is 5.97. The number of amides is 1. The summed E-state index contributed by atoms with van der Waals surface area (Å²) in [5.74, 6) is 2.37. The largest absolute Gasteiger partial charge is 0.309 e. The van der Waals surface area contributed by atoms with Crippen molar-refractivity contribution in [3.05, 3.63) is 83.3 Å². The molecule has 1 aliphatic heterocycles. The maximum atomic E-state index is 12.7. The van der Waals surface area contributed by atoms with Gasteiger partial charge in [0.25, 0.3) is 0 Å². The molecule has 0 spiro atoms. The van der Waals surface area contributed by atoms with Crippen LogP contribution in [0.2, 0.25) is 0 Å². The van der Waals surface area contributed by atoms with Gasteiger partial charge in [0.15, 0.2) is 0 Å². The van der Waals surface area contributed by atoms with Gasteiger partial charge in [-0.2, -0.15) is 0 Å². The molecule has 0 fully saturated rings. The van der Waals surface area contributed by atoms with E-state index in [9.17, 15) is 4.79 Å². The van der Waals surface area contributed by atoms with Crippen LogP contribution in [0.4, 0.5) is 5.82 Å². The summed E-state index contributed by atoms with van der Waals surface area (Å²) < 4.78 is 2.15. The second-order valence-electron chi connectivity index (χ2n) is 7.65. The third kappa shape index (κ3) is 3.65. The molecule has 1 aromatic heterocycles. The van der Waals surface area contributed by atoms with Crippen molar-refractivity contribution in [2.24, 2.45) is 5.92 Å². The Morgan fingerprint density at radius 3 is 2.15 bits per heavy atom. The predicted octanol–water partition coefficient (Wildman–Crippen LogP) is 4.60. The molecule has 1 aliphatic rings. The van der Waals surface area contributed by atoms with Crippen molar-refractivity contribution in [2.45, 2.75) is 39.2 Å². The number of aromatic nitrogens is 2. The number of rotatable bonds is 6. The summed E-state index contributed by atoms with van der Waals surface area (Å²) in [5.41, 5.74) is 3.36.